The lowest BCUT2D eigenvalue weighted by molar-refractivity contribution is 0.0691. The van der Waals surface area contributed by atoms with Crippen molar-refractivity contribution in [1.82, 2.24) is 4.98 Å². The molecule has 0 aliphatic heterocycles. The number of thiazole rings is 1. The lowest BCUT2D eigenvalue weighted by atomic mass is 10.1. The van der Waals surface area contributed by atoms with Crippen molar-refractivity contribution >= 4 is 115 Å². The van der Waals surface area contributed by atoms with Crippen molar-refractivity contribution in [1.29, 1.82) is 0 Å². The molecular weight excluding hydrogens is 688 g/mol. The van der Waals surface area contributed by atoms with Crippen LogP contribution in [0.5, 0.6) is 0 Å². The molecule has 3 aromatic rings. The van der Waals surface area contributed by atoms with Gasteiger partial charge >= 0.3 is 5.97 Å². The number of benzene rings is 2. The number of thioether (sulfide) groups is 1. The summed E-state index contributed by atoms with van der Waals surface area (Å²) in [5.74, 6) is -0.191. The molecule has 30 heavy (non-hydrogen) atoms. The number of carbonyl (C=O) groups is 2. The molecule has 0 unspecified atom stereocenters. The number of hydrogen-bond donors (Lipinski definition) is 2. The number of aromatic nitrogens is 1. The van der Waals surface area contributed by atoms with E-state index >= 15 is 0 Å². The number of rotatable bonds is 6. The zero-order chi connectivity index (χ0) is 22.2. The number of hydrogen-bond acceptors (Lipinski definition) is 5. The lowest BCUT2D eigenvalue weighted by Gasteiger charge is -2.14. The van der Waals surface area contributed by atoms with Gasteiger partial charge in [-0.05, 0) is 87.8 Å². The van der Waals surface area contributed by atoms with E-state index in [2.05, 4.69) is 87.9 Å². The lowest BCUT2D eigenvalue weighted by Crippen LogP contribution is -2.18. The van der Waals surface area contributed by atoms with Crippen molar-refractivity contribution < 1.29 is 14.7 Å². The van der Waals surface area contributed by atoms with Crippen LogP contribution in [-0.4, -0.2) is 27.7 Å². The Labute approximate surface area is 214 Å². The first-order valence-corrected chi connectivity index (χ1v) is 13.5. The number of aromatic carboxylic acids is 1. The molecule has 0 atom stereocenters. The molecule has 11 heteroatoms. The number of nitrogens with zero attached hydrogens (tertiary/aromatic N) is 1. The van der Waals surface area contributed by atoms with Crippen LogP contribution in [0.3, 0.4) is 0 Å². The summed E-state index contributed by atoms with van der Waals surface area (Å²) in [7, 11) is 0. The second-order valence-corrected chi connectivity index (χ2v) is 12.1. The molecule has 1 heterocycles. The van der Waals surface area contributed by atoms with E-state index < -0.39 is 11.9 Å². The third-order valence-electron chi connectivity index (χ3n) is 3.87. The molecule has 2 N–H and O–H groups in total. The van der Waals surface area contributed by atoms with Gasteiger partial charge in [0, 0.05) is 29.3 Å². The summed E-state index contributed by atoms with van der Waals surface area (Å²) in [6.07, 6.45) is 0. The summed E-state index contributed by atoms with van der Waals surface area (Å²) in [6.45, 7) is 4.33. The zero-order valence-electron chi connectivity index (χ0n) is 15.6. The molecule has 0 aliphatic rings. The smallest absolute Gasteiger partial charge is 0.337 e. The summed E-state index contributed by atoms with van der Waals surface area (Å²) >= 11 is 16.6. The first kappa shape index (κ1) is 24.2. The Kier molecular flexibility index (Phi) is 8.06. The van der Waals surface area contributed by atoms with Crippen molar-refractivity contribution in [3.8, 4) is 0 Å². The van der Waals surface area contributed by atoms with E-state index in [1.54, 1.807) is 29.2 Å². The van der Waals surface area contributed by atoms with E-state index in [4.69, 9.17) is 0 Å². The van der Waals surface area contributed by atoms with E-state index in [1.807, 2.05) is 12.1 Å². The maximum absolute atomic E-state index is 13.0. The van der Waals surface area contributed by atoms with Crippen LogP contribution in [0.25, 0.3) is 10.2 Å². The van der Waals surface area contributed by atoms with E-state index in [0.29, 0.717) is 25.0 Å². The van der Waals surface area contributed by atoms with Crippen molar-refractivity contribution in [3.05, 3.63) is 47.2 Å². The van der Waals surface area contributed by atoms with Gasteiger partial charge in [0.15, 0.2) is 4.34 Å². The van der Waals surface area contributed by atoms with Gasteiger partial charge in [-0.3, -0.25) is 4.79 Å². The standard InChI is InChI=1S/C19H14Br4N2O3S2/c1-7(2)6-29-19-25-9-4-3-8(5-10(9)30-19)24-17(26)11-12(18(27)28)14(21)16(23)15(22)13(11)20/h3-5,7H,6H2,1-2H3,(H,24,26)(H,27,28). The quantitative estimate of drug-likeness (QED) is 0.155. The summed E-state index contributed by atoms with van der Waals surface area (Å²) in [5.41, 5.74) is 1.31. The zero-order valence-corrected chi connectivity index (χ0v) is 23.5. The summed E-state index contributed by atoms with van der Waals surface area (Å²) in [4.78, 5) is 29.5. The maximum Gasteiger partial charge on any atom is 0.337 e. The minimum atomic E-state index is -1.22. The van der Waals surface area contributed by atoms with Gasteiger partial charge < -0.3 is 10.4 Å². The Morgan fingerprint density at radius 3 is 2.33 bits per heavy atom. The van der Waals surface area contributed by atoms with Crippen LogP contribution in [0.15, 0.2) is 40.4 Å². The van der Waals surface area contributed by atoms with Gasteiger partial charge in [-0.1, -0.05) is 25.6 Å². The van der Waals surface area contributed by atoms with Crippen LogP contribution < -0.4 is 5.32 Å². The first-order chi connectivity index (χ1) is 14.1. The fourth-order valence-electron chi connectivity index (χ4n) is 2.52. The van der Waals surface area contributed by atoms with Crippen molar-refractivity contribution in [2.45, 2.75) is 18.2 Å². The van der Waals surface area contributed by atoms with Crippen LogP contribution in [0, 0.1) is 5.92 Å². The fraction of sp³-hybridized carbons (Fsp3) is 0.211. The molecule has 0 saturated heterocycles. The number of anilines is 1. The van der Waals surface area contributed by atoms with Gasteiger partial charge in [0.25, 0.3) is 5.91 Å². The van der Waals surface area contributed by atoms with Crippen LogP contribution in [0.2, 0.25) is 0 Å². The van der Waals surface area contributed by atoms with Crippen molar-refractivity contribution in [3.63, 3.8) is 0 Å². The Morgan fingerprint density at radius 2 is 1.73 bits per heavy atom. The molecule has 0 spiro atoms. The van der Waals surface area contributed by atoms with Gasteiger partial charge in [0.05, 0.1) is 21.3 Å². The molecule has 5 nitrogen and oxygen atoms in total. The second-order valence-electron chi connectivity index (χ2n) is 6.63. The Balaban J connectivity index is 1.94. The monoisotopic (exact) mass is 698 g/mol. The van der Waals surface area contributed by atoms with E-state index in [1.165, 1.54) is 0 Å². The van der Waals surface area contributed by atoms with Gasteiger partial charge in [-0.15, -0.1) is 11.3 Å². The number of halogens is 4. The van der Waals surface area contributed by atoms with E-state index in [9.17, 15) is 14.7 Å². The summed E-state index contributed by atoms with van der Waals surface area (Å²) in [6, 6.07) is 5.46. The minimum absolute atomic E-state index is 0.0158. The SMILES string of the molecule is CC(C)CSc1nc2ccc(NC(=O)c3c(Br)c(Br)c(Br)c(Br)c3C(=O)O)cc2s1. The first-order valence-electron chi connectivity index (χ1n) is 8.54. The molecule has 0 radical (unpaired) electrons. The van der Waals surface area contributed by atoms with Gasteiger partial charge in [0.2, 0.25) is 0 Å². The second kappa shape index (κ2) is 9.99. The predicted octanol–water partition coefficient (Wildman–Crippen LogP) is 8.04. The number of carboxylic acid groups (broad SMARTS) is 1. The third-order valence-corrected chi connectivity index (χ3v) is 11.2. The summed E-state index contributed by atoms with van der Waals surface area (Å²) in [5, 5.41) is 12.5. The minimum Gasteiger partial charge on any atom is -0.478 e. The molecule has 3 rings (SSSR count). The molecule has 0 saturated carbocycles. The Hall–Kier alpha value is -0.460. The largest absolute Gasteiger partial charge is 0.478 e. The summed E-state index contributed by atoms with van der Waals surface area (Å²) < 4.78 is 3.60. The average molecular weight is 702 g/mol. The maximum atomic E-state index is 13.0. The van der Waals surface area contributed by atoms with Crippen LogP contribution >= 0.6 is 86.8 Å². The predicted molar refractivity (Wildman–Crippen MR) is 137 cm³/mol. The molecule has 1 amide bonds. The number of fused-ring (bicyclic) bond motifs is 1. The Bertz CT molecular complexity index is 1160. The van der Waals surface area contributed by atoms with Crippen LogP contribution in [-0.2, 0) is 0 Å². The molecule has 0 bridgehead atoms. The van der Waals surface area contributed by atoms with E-state index in [0.717, 1.165) is 20.3 Å². The molecule has 1 aromatic heterocycles. The average Bonchev–Trinajstić information content (AvgIpc) is 3.09. The highest BCUT2D eigenvalue weighted by molar-refractivity contribution is 9.15. The molecule has 158 valence electrons. The van der Waals surface area contributed by atoms with Gasteiger partial charge in [-0.25, -0.2) is 9.78 Å². The van der Waals surface area contributed by atoms with E-state index in [-0.39, 0.29) is 15.6 Å². The molecule has 0 aliphatic carbocycles. The number of nitrogens with one attached hydrogen (secondary N) is 1. The fourth-order valence-corrected chi connectivity index (χ4v) is 7.07. The van der Waals surface area contributed by atoms with Crippen molar-refractivity contribution in [2.24, 2.45) is 5.92 Å². The highest BCUT2D eigenvalue weighted by atomic mass is 79.9. The molecule has 2 aromatic carbocycles. The van der Waals surface area contributed by atoms with Crippen molar-refractivity contribution in [2.75, 3.05) is 11.1 Å². The van der Waals surface area contributed by atoms with Crippen LogP contribution in [0.1, 0.15) is 34.6 Å². The number of carbonyl (C=O) groups excluding carboxylic acids is 1. The highest BCUT2D eigenvalue weighted by Crippen LogP contribution is 2.42. The highest BCUT2D eigenvalue weighted by Gasteiger charge is 2.28. The number of amides is 1. The topological polar surface area (TPSA) is 79.3 Å². The molecule has 0 fully saturated rings. The Morgan fingerprint density at radius 1 is 1.10 bits per heavy atom. The van der Waals surface area contributed by atoms with Crippen LogP contribution in [0.4, 0.5) is 5.69 Å². The molecular formula is C19H14Br4N2O3S2. The third kappa shape index (κ3) is 5.12. The normalized spacial score (nSPS) is 11.3. The van der Waals surface area contributed by atoms with Gasteiger partial charge in [-0.2, -0.15) is 0 Å². The van der Waals surface area contributed by atoms with Gasteiger partial charge in [0.1, 0.15) is 0 Å². The number of carboxylic acids is 1.